The van der Waals surface area contributed by atoms with Crippen LogP contribution in [0.5, 0.6) is 0 Å². The molecule has 1 aliphatic rings. The first kappa shape index (κ1) is 12.7. The zero-order chi connectivity index (χ0) is 13.1. The molecule has 2 N–H and O–H groups in total. The number of anilines is 1. The van der Waals surface area contributed by atoms with Crippen LogP contribution in [0.15, 0.2) is 34.8 Å². The number of hydrogen-bond acceptors (Lipinski definition) is 3. The third-order valence-electron chi connectivity index (χ3n) is 2.84. The highest BCUT2D eigenvalue weighted by Crippen LogP contribution is 2.25. The van der Waals surface area contributed by atoms with Gasteiger partial charge in [0.25, 0.3) is 0 Å². The van der Waals surface area contributed by atoms with Gasteiger partial charge < -0.3 is 10.4 Å². The molecule has 1 aliphatic carbocycles. The lowest BCUT2D eigenvalue weighted by Crippen LogP contribution is -2.18. The van der Waals surface area contributed by atoms with Gasteiger partial charge in [0.15, 0.2) is 0 Å². The Labute approximate surface area is 113 Å². The molecule has 0 spiro atoms. The van der Waals surface area contributed by atoms with Crippen molar-refractivity contribution < 1.29 is 9.90 Å². The zero-order valence-electron chi connectivity index (χ0n) is 9.43. The third kappa shape index (κ3) is 2.71. The number of aliphatic carboxylic acids is 1. The van der Waals surface area contributed by atoms with Gasteiger partial charge in [-0.15, -0.1) is 0 Å². The molecule has 0 amide bonds. The Balaban J connectivity index is 2.04. The van der Waals surface area contributed by atoms with E-state index in [9.17, 15) is 4.79 Å². The summed E-state index contributed by atoms with van der Waals surface area (Å²) in [5, 5.41) is 20.9. The monoisotopic (exact) mass is 306 g/mol. The molecule has 0 saturated heterocycles. The molecule has 0 bridgehead atoms. The normalized spacial score (nSPS) is 21.6. The van der Waals surface area contributed by atoms with Crippen molar-refractivity contribution in [3.63, 3.8) is 0 Å². The number of carboxylic acids is 1. The van der Waals surface area contributed by atoms with Crippen molar-refractivity contribution in [3.05, 3.63) is 40.4 Å². The number of carboxylic acid groups (broad SMARTS) is 1. The molecule has 4 nitrogen and oxygen atoms in total. The Morgan fingerprint density at radius 2 is 2.28 bits per heavy atom. The van der Waals surface area contributed by atoms with Crippen molar-refractivity contribution in [2.45, 2.75) is 12.5 Å². The fraction of sp³-hybridized carbons (Fsp3) is 0.231. The van der Waals surface area contributed by atoms with Crippen molar-refractivity contribution in [2.75, 3.05) is 5.32 Å². The van der Waals surface area contributed by atoms with Crippen molar-refractivity contribution in [1.29, 1.82) is 5.26 Å². The summed E-state index contributed by atoms with van der Waals surface area (Å²) in [6.07, 6.45) is 4.12. The van der Waals surface area contributed by atoms with Crippen molar-refractivity contribution in [1.82, 2.24) is 0 Å². The molecule has 5 heteroatoms. The van der Waals surface area contributed by atoms with Crippen LogP contribution in [0.3, 0.4) is 0 Å². The largest absolute Gasteiger partial charge is 0.481 e. The molecule has 0 fully saturated rings. The van der Waals surface area contributed by atoms with E-state index >= 15 is 0 Å². The van der Waals surface area contributed by atoms with Crippen LogP contribution in [-0.2, 0) is 4.79 Å². The minimum Gasteiger partial charge on any atom is -0.481 e. The summed E-state index contributed by atoms with van der Waals surface area (Å²) < 4.78 is 0.728. The molecule has 0 radical (unpaired) electrons. The maximum absolute atomic E-state index is 10.8. The van der Waals surface area contributed by atoms with E-state index in [1.165, 1.54) is 0 Å². The van der Waals surface area contributed by atoms with Crippen LogP contribution in [0.2, 0.25) is 0 Å². The molecule has 1 aromatic carbocycles. The van der Waals surface area contributed by atoms with Crippen LogP contribution < -0.4 is 5.32 Å². The van der Waals surface area contributed by atoms with Gasteiger partial charge in [0.1, 0.15) is 6.07 Å². The standard InChI is InChI=1S/C13H11BrN2O2/c14-12-6-11(4-2-9(12)7-15)16-10-3-1-8(5-10)13(17)18/h1-4,6,8,10,16H,5H2,(H,17,18). The predicted molar refractivity (Wildman–Crippen MR) is 71.2 cm³/mol. The first-order valence-corrected chi connectivity index (χ1v) is 6.27. The van der Waals surface area contributed by atoms with E-state index in [0.29, 0.717) is 12.0 Å². The molecule has 2 rings (SSSR count). The van der Waals surface area contributed by atoms with Crippen LogP contribution in [0.4, 0.5) is 5.69 Å². The lowest BCUT2D eigenvalue weighted by atomic mass is 10.1. The molecule has 0 aliphatic heterocycles. The number of benzene rings is 1. The second kappa shape index (κ2) is 5.23. The predicted octanol–water partition coefficient (Wildman–Crippen LogP) is 2.76. The summed E-state index contributed by atoms with van der Waals surface area (Å²) in [6.45, 7) is 0. The van der Waals surface area contributed by atoms with Gasteiger partial charge >= 0.3 is 5.97 Å². The van der Waals surface area contributed by atoms with Crippen LogP contribution in [0.25, 0.3) is 0 Å². The molecule has 18 heavy (non-hydrogen) atoms. The Hall–Kier alpha value is -1.80. The van der Waals surface area contributed by atoms with E-state index in [4.69, 9.17) is 10.4 Å². The van der Waals surface area contributed by atoms with Crippen molar-refractivity contribution in [3.8, 4) is 6.07 Å². The second-order valence-corrected chi connectivity index (χ2v) is 4.98. The van der Waals surface area contributed by atoms with E-state index in [-0.39, 0.29) is 6.04 Å². The van der Waals surface area contributed by atoms with E-state index in [1.807, 2.05) is 18.2 Å². The summed E-state index contributed by atoms with van der Waals surface area (Å²) in [5.41, 5.74) is 1.44. The van der Waals surface area contributed by atoms with Crippen molar-refractivity contribution >= 4 is 27.6 Å². The Kier molecular flexibility index (Phi) is 3.68. The number of nitriles is 1. The Morgan fingerprint density at radius 1 is 1.50 bits per heavy atom. The molecule has 92 valence electrons. The molecule has 2 atom stereocenters. The highest BCUT2D eigenvalue weighted by Gasteiger charge is 2.24. The zero-order valence-corrected chi connectivity index (χ0v) is 11.0. The van der Waals surface area contributed by atoms with Gasteiger partial charge in [0.05, 0.1) is 11.5 Å². The first-order valence-electron chi connectivity index (χ1n) is 5.47. The molecular weight excluding hydrogens is 296 g/mol. The highest BCUT2D eigenvalue weighted by atomic mass is 79.9. The van der Waals surface area contributed by atoms with E-state index in [1.54, 1.807) is 12.1 Å². The maximum atomic E-state index is 10.8. The summed E-state index contributed by atoms with van der Waals surface area (Å²) in [6, 6.07) is 7.44. The lowest BCUT2D eigenvalue weighted by Gasteiger charge is -2.14. The number of carbonyl (C=O) groups is 1. The van der Waals surface area contributed by atoms with E-state index < -0.39 is 11.9 Å². The minimum absolute atomic E-state index is 0.0194. The highest BCUT2D eigenvalue weighted by molar-refractivity contribution is 9.10. The van der Waals surface area contributed by atoms with Gasteiger partial charge in [0, 0.05) is 16.2 Å². The average molecular weight is 307 g/mol. The van der Waals surface area contributed by atoms with Gasteiger partial charge in [-0.05, 0) is 40.5 Å². The van der Waals surface area contributed by atoms with Crippen LogP contribution >= 0.6 is 15.9 Å². The smallest absolute Gasteiger partial charge is 0.310 e. The van der Waals surface area contributed by atoms with E-state index in [2.05, 4.69) is 27.3 Å². The SMILES string of the molecule is N#Cc1ccc(NC2C=CC(C(=O)O)C2)cc1Br. The lowest BCUT2D eigenvalue weighted by molar-refractivity contribution is -0.140. The van der Waals surface area contributed by atoms with Crippen LogP contribution in [-0.4, -0.2) is 17.1 Å². The summed E-state index contributed by atoms with van der Waals surface area (Å²) in [4.78, 5) is 10.8. The quantitative estimate of drug-likeness (QED) is 0.842. The van der Waals surface area contributed by atoms with Gasteiger partial charge in [-0.2, -0.15) is 5.26 Å². The summed E-state index contributed by atoms with van der Waals surface area (Å²) >= 11 is 3.32. The molecule has 1 aromatic rings. The number of hydrogen-bond donors (Lipinski definition) is 2. The minimum atomic E-state index is -0.795. The molecule has 0 aromatic heterocycles. The third-order valence-corrected chi connectivity index (χ3v) is 3.50. The number of rotatable bonds is 3. The fourth-order valence-electron chi connectivity index (χ4n) is 1.90. The van der Waals surface area contributed by atoms with Crippen LogP contribution in [0.1, 0.15) is 12.0 Å². The topological polar surface area (TPSA) is 73.1 Å². The molecule has 0 saturated carbocycles. The maximum Gasteiger partial charge on any atom is 0.310 e. The van der Waals surface area contributed by atoms with Gasteiger partial charge in [0.2, 0.25) is 0 Å². The number of nitrogens with zero attached hydrogens (tertiary/aromatic N) is 1. The van der Waals surface area contributed by atoms with Gasteiger partial charge in [-0.3, -0.25) is 4.79 Å². The first-order chi connectivity index (χ1) is 8.60. The summed E-state index contributed by atoms with van der Waals surface area (Å²) in [7, 11) is 0. The van der Waals surface area contributed by atoms with Crippen LogP contribution in [0, 0.1) is 17.2 Å². The second-order valence-electron chi connectivity index (χ2n) is 4.12. The average Bonchev–Trinajstić information content (AvgIpc) is 2.78. The molecular formula is C13H11BrN2O2. The fourth-order valence-corrected chi connectivity index (χ4v) is 2.37. The molecule has 2 unspecified atom stereocenters. The van der Waals surface area contributed by atoms with Gasteiger partial charge in [-0.25, -0.2) is 0 Å². The van der Waals surface area contributed by atoms with E-state index in [0.717, 1.165) is 10.2 Å². The Bertz CT molecular complexity index is 548. The Morgan fingerprint density at radius 3 is 2.83 bits per heavy atom. The van der Waals surface area contributed by atoms with Gasteiger partial charge in [-0.1, -0.05) is 12.2 Å². The number of halogens is 1. The summed E-state index contributed by atoms with van der Waals surface area (Å²) in [5.74, 6) is -1.21. The number of nitrogens with one attached hydrogen (secondary N) is 1. The van der Waals surface area contributed by atoms with Crippen molar-refractivity contribution in [2.24, 2.45) is 5.92 Å². The molecule has 0 heterocycles.